The molecule has 0 aliphatic carbocycles. The molecule has 0 saturated heterocycles. The Labute approximate surface area is 106 Å². The maximum atomic E-state index is 11.7. The predicted octanol–water partition coefficient (Wildman–Crippen LogP) is 1.37. The van der Waals surface area contributed by atoms with E-state index in [0.29, 0.717) is 12.4 Å². The van der Waals surface area contributed by atoms with Crippen molar-refractivity contribution in [2.45, 2.75) is 6.54 Å². The number of nitrogens with one attached hydrogen (secondary N) is 1. The van der Waals surface area contributed by atoms with E-state index in [4.69, 9.17) is 16.3 Å². The molecule has 1 heterocycles. The zero-order valence-corrected chi connectivity index (χ0v) is 10.5. The van der Waals surface area contributed by atoms with Gasteiger partial charge in [-0.3, -0.25) is 4.79 Å². The van der Waals surface area contributed by atoms with Crippen LogP contribution in [-0.2, 0) is 11.3 Å². The van der Waals surface area contributed by atoms with Crippen molar-refractivity contribution in [2.75, 3.05) is 31.0 Å². The maximum absolute atomic E-state index is 11.7. The van der Waals surface area contributed by atoms with Gasteiger partial charge in [0.2, 0.25) is 0 Å². The first-order valence-electron chi connectivity index (χ1n) is 5.53. The van der Waals surface area contributed by atoms with Crippen LogP contribution in [0.25, 0.3) is 0 Å². The number of benzene rings is 1. The van der Waals surface area contributed by atoms with Crippen molar-refractivity contribution in [3.05, 3.63) is 23.8 Å². The Kier molecular flexibility index (Phi) is 3.86. The average Bonchev–Trinajstić information content (AvgIpc) is 2.33. The van der Waals surface area contributed by atoms with Crippen LogP contribution in [0.2, 0.25) is 0 Å². The van der Waals surface area contributed by atoms with Crippen LogP contribution >= 0.6 is 11.6 Å². The first-order chi connectivity index (χ1) is 8.26. The van der Waals surface area contributed by atoms with E-state index < -0.39 is 0 Å². The van der Waals surface area contributed by atoms with Gasteiger partial charge in [0, 0.05) is 19.0 Å². The summed E-state index contributed by atoms with van der Waals surface area (Å²) in [4.78, 5) is 13.4. The Hall–Kier alpha value is -1.26. The number of halogens is 1. The van der Waals surface area contributed by atoms with Gasteiger partial charge < -0.3 is 15.0 Å². The third-order valence-electron chi connectivity index (χ3n) is 2.66. The van der Waals surface area contributed by atoms with E-state index >= 15 is 0 Å². The molecular formula is C12H15ClN2O2. The van der Waals surface area contributed by atoms with Gasteiger partial charge in [-0.25, -0.2) is 0 Å². The molecule has 0 aromatic heterocycles. The number of anilines is 1. The van der Waals surface area contributed by atoms with Crippen LogP contribution in [0, 0.1) is 0 Å². The third kappa shape index (κ3) is 2.53. The van der Waals surface area contributed by atoms with Gasteiger partial charge in [-0.05, 0) is 24.7 Å². The van der Waals surface area contributed by atoms with Crippen LogP contribution in [0.1, 0.15) is 5.56 Å². The molecule has 92 valence electrons. The van der Waals surface area contributed by atoms with Gasteiger partial charge in [-0.15, -0.1) is 11.6 Å². The quantitative estimate of drug-likeness (QED) is 0.826. The predicted molar refractivity (Wildman–Crippen MR) is 67.8 cm³/mol. The second-order valence-corrected chi connectivity index (χ2v) is 4.23. The smallest absolute Gasteiger partial charge is 0.265 e. The lowest BCUT2D eigenvalue weighted by Gasteiger charge is -2.29. The van der Waals surface area contributed by atoms with Gasteiger partial charge in [-0.1, -0.05) is 6.07 Å². The third-order valence-corrected chi connectivity index (χ3v) is 2.82. The molecule has 1 amide bonds. The Morgan fingerprint density at radius 2 is 2.35 bits per heavy atom. The molecule has 0 saturated carbocycles. The average molecular weight is 255 g/mol. The Bertz CT molecular complexity index is 423. The summed E-state index contributed by atoms with van der Waals surface area (Å²) < 4.78 is 5.39. The topological polar surface area (TPSA) is 41.6 Å². The summed E-state index contributed by atoms with van der Waals surface area (Å²) >= 11 is 5.72. The summed E-state index contributed by atoms with van der Waals surface area (Å²) in [7, 11) is 1.89. The van der Waals surface area contributed by atoms with E-state index in [2.05, 4.69) is 5.32 Å². The van der Waals surface area contributed by atoms with Gasteiger partial charge in [0.05, 0.1) is 5.69 Å². The Morgan fingerprint density at radius 1 is 1.53 bits per heavy atom. The van der Waals surface area contributed by atoms with Gasteiger partial charge in [0.15, 0.2) is 6.61 Å². The minimum absolute atomic E-state index is 0.0419. The highest BCUT2D eigenvalue weighted by atomic mass is 35.5. The van der Waals surface area contributed by atoms with E-state index in [1.165, 1.54) is 0 Å². The Morgan fingerprint density at radius 3 is 3.06 bits per heavy atom. The number of rotatable bonds is 4. The van der Waals surface area contributed by atoms with Crippen molar-refractivity contribution >= 4 is 23.2 Å². The van der Waals surface area contributed by atoms with Gasteiger partial charge >= 0.3 is 0 Å². The van der Waals surface area contributed by atoms with Crippen LogP contribution in [0.15, 0.2) is 18.2 Å². The number of amides is 1. The zero-order valence-electron chi connectivity index (χ0n) is 9.70. The van der Waals surface area contributed by atoms with E-state index in [1.54, 1.807) is 4.90 Å². The SMILES string of the molecule is CNCc1ccc2c(c1)N(CCCl)C(=O)CO2. The second-order valence-electron chi connectivity index (χ2n) is 3.86. The highest BCUT2D eigenvalue weighted by Gasteiger charge is 2.24. The molecule has 0 fully saturated rings. The normalized spacial score (nSPS) is 14.5. The molecule has 1 aromatic carbocycles. The van der Waals surface area contributed by atoms with Crippen LogP contribution in [0.5, 0.6) is 5.75 Å². The zero-order chi connectivity index (χ0) is 12.3. The van der Waals surface area contributed by atoms with Gasteiger partial charge in [-0.2, -0.15) is 0 Å². The highest BCUT2D eigenvalue weighted by molar-refractivity contribution is 6.18. The maximum Gasteiger partial charge on any atom is 0.265 e. The summed E-state index contributed by atoms with van der Waals surface area (Å²) in [6.07, 6.45) is 0. The lowest BCUT2D eigenvalue weighted by atomic mass is 10.1. The minimum Gasteiger partial charge on any atom is -0.482 e. The molecule has 1 aromatic rings. The highest BCUT2D eigenvalue weighted by Crippen LogP contribution is 2.32. The molecule has 4 nitrogen and oxygen atoms in total. The van der Waals surface area contributed by atoms with E-state index in [1.807, 2.05) is 25.2 Å². The van der Waals surface area contributed by atoms with E-state index in [0.717, 1.165) is 23.5 Å². The lowest BCUT2D eigenvalue weighted by molar-refractivity contribution is -0.121. The second kappa shape index (κ2) is 5.38. The summed E-state index contributed by atoms with van der Waals surface area (Å²) in [5.74, 6) is 1.12. The fourth-order valence-corrected chi connectivity index (χ4v) is 2.06. The van der Waals surface area contributed by atoms with Gasteiger partial charge in [0.25, 0.3) is 5.91 Å². The minimum atomic E-state index is -0.0419. The summed E-state index contributed by atoms with van der Waals surface area (Å²) in [5, 5.41) is 3.08. The lowest BCUT2D eigenvalue weighted by Crippen LogP contribution is -2.40. The van der Waals surface area contributed by atoms with Gasteiger partial charge in [0.1, 0.15) is 5.75 Å². The van der Waals surface area contributed by atoms with Crippen LogP contribution in [0.3, 0.4) is 0 Å². The summed E-state index contributed by atoms with van der Waals surface area (Å²) in [6.45, 7) is 1.37. The van der Waals surface area contributed by atoms with Crippen molar-refractivity contribution in [1.82, 2.24) is 5.32 Å². The van der Waals surface area contributed by atoms with Crippen molar-refractivity contribution in [3.63, 3.8) is 0 Å². The largest absolute Gasteiger partial charge is 0.482 e. The fraction of sp³-hybridized carbons (Fsp3) is 0.417. The molecule has 0 spiro atoms. The van der Waals surface area contributed by atoms with Crippen molar-refractivity contribution in [2.24, 2.45) is 0 Å². The number of alkyl halides is 1. The van der Waals surface area contributed by atoms with E-state index in [9.17, 15) is 4.79 Å². The molecule has 17 heavy (non-hydrogen) atoms. The molecule has 1 aliphatic heterocycles. The molecule has 0 bridgehead atoms. The fourth-order valence-electron chi connectivity index (χ4n) is 1.89. The molecule has 1 N–H and O–H groups in total. The number of carbonyl (C=O) groups is 1. The number of fused-ring (bicyclic) bond motifs is 1. The molecule has 0 unspecified atom stereocenters. The molecule has 0 atom stereocenters. The molecule has 2 rings (SSSR count). The van der Waals surface area contributed by atoms with Crippen molar-refractivity contribution < 1.29 is 9.53 Å². The monoisotopic (exact) mass is 254 g/mol. The number of nitrogens with zero attached hydrogens (tertiary/aromatic N) is 1. The first-order valence-corrected chi connectivity index (χ1v) is 6.06. The standard InChI is InChI=1S/C12H15ClN2O2/c1-14-7-9-2-3-11-10(6-9)15(5-4-13)12(16)8-17-11/h2-3,6,14H,4-5,7-8H2,1H3. The van der Waals surface area contributed by atoms with Crippen molar-refractivity contribution in [1.29, 1.82) is 0 Å². The number of carbonyl (C=O) groups excluding carboxylic acids is 1. The summed E-state index contributed by atoms with van der Waals surface area (Å²) in [5.41, 5.74) is 1.93. The summed E-state index contributed by atoms with van der Waals surface area (Å²) in [6, 6.07) is 5.86. The molecule has 1 aliphatic rings. The molecule has 0 radical (unpaired) electrons. The van der Waals surface area contributed by atoms with Crippen LogP contribution < -0.4 is 15.0 Å². The van der Waals surface area contributed by atoms with E-state index in [-0.39, 0.29) is 12.5 Å². The number of hydrogen-bond acceptors (Lipinski definition) is 3. The van der Waals surface area contributed by atoms with Crippen LogP contribution in [0.4, 0.5) is 5.69 Å². The number of ether oxygens (including phenoxy) is 1. The first kappa shape index (κ1) is 12.2. The van der Waals surface area contributed by atoms with Crippen molar-refractivity contribution in [3.8, 4) is 5.75 Å². The molecular weight excluding hydrogens is 240 g/mol. The Balaban J connectivity index is 2.34. The van der Waals surface area contributed by atoms with Crippen LogP contribution in [-0.4, -0.2) is 32.0 Å². The molecule has 5 heteroatoms. The number of hydrogen-bond donors (Lipinski definition) is 1.